The first kappa shape index (κ1) is 26.6. The normalized spacial score (nSPS) is 20.3. The summed E-state index contributed by atoms with van der Waals surface area (Å²) in [7, 11) is 0. The lowest BCUT2D eigenvalue weighted by Crippen LogP contribution is -2.57. The van der Waals surface area contributed by atoms with Crippen LogP contribution in [0.2, 0.25) is 0 Å². The van der Waals surface area contributed by atoms with E-state index in [9.17, 15) is 14.0 Å². The summed E-state index contributed by atoms with van der Waals surface area (Å²) in [4.78, 5) is 34.0. The first-order chi connectivity index (χ1) is 18.1. The Balaban J connectivity index is 1.25. The number of rotatable bonds is 4. The highest BCUT2D eigenvalue weighted by molar-refractivity contribution is 7.10. The molecule has 200 valence electrons. The SMILES string of the molecule is C[C@H]1CN(C(=O)CN2CCc3sccc3[C@H]2c2cccc(F)c2)CCN1C(=O)c1ccc(C(C)(C)C)cc1. The minimum Gasteiger partial charge on any atom is -0.338 e. The largest absolute Gasteiger partial charge is 0.338 e. The molecule has 1 fully saturated rings. The predicted molar refractivity (Wildman–Crippen MR) is 150 cm³/mol. The number of hydrogen-bond acceptors (Lipinski definition) is 4. The lowest BCUT2D eigenvalue weighted by molar-refractivity contribution is -0.135. The third kappa shape index (κ3) is 5.40. The Kier molecular flexibility index (Phi) is 7.43. The Morgan fingerprint density at radius 2 is 1.79 bits per heavy atom. The molecule has 2 amide bonds. The molecule has 38 heavy (non-hydrogen) atoms. The molecule has 7 heteroatoms. The van der Waals surface area contributed by atoms with Gasteiger partial charge in [-0.1, -0.05) is 45.0 Å². The zero-order chi connectivity index (χ0) is 27.0. The quantitative estimate of drug-likeness (QED) is 0.445. The summed E-state index contributed by atoms with van der Waals surface area (Å²) < 4.78 is 14.1. The lowest BCUT2D eigenvalue weighted by Gasteiger charge is -2.42. The van der Waals surface area contributed by atoms with Crippen molar-refractivity contribution >= 4 is 23.2 Å². The van der Waals surface area contributed by atoms with Gasteiger partial charge in [-0.2, -0.15) is 0 Å². The van der Waals surface area contributed by atoms with Gasteiger partial charge in [-0.3, -0.25) is 14.5 Å². The molecule has 2 aliphatic rings. The predicted octanol–water partition coefficient (Wildman–Crippen LogP) is 5.51. The van der Waals surface area contributed by atoms with Crippen molar-refractivity contribution in [1.82, 2.24) is 14.7 Å². The number of fused-ring (bicyclic) bond motifs is 1. The molecule has 0 unspecified atom stereocenters. The van der Waals surface area contributed by atoms with Crippen LogP contribution in [-0.4, -0.2) is 65.3 Å². The molecule has 2 atom stereocenters. The molecule has 2 aromatic carbocycles. The van der Waals surface area contributed by atoms with Crippen molar-refractivity contribution < 1.29 is 14.0 Å². The Labute approximate surface area is 228 Å². The molecule has 0 radical (unpaired) electrons. The van der Waals surface area contributed by atoms with Gasteiger partial charge in [-0.15, -0.1) is 11.3 Å². The van der Waals surface area contributed by atoms with Crippen LogP contribution in [0.25, 0.3) is 0 Å². The number of halogens is 1. The molecule has 3 aromatic rings. The Hall–Kier alpha value is -3.03. The lowest BCUT2D eigenvalue weighted by atomic mass is 9.86. The molecular weight excluding hydrogens is 497 g/mol. The third-order valence-electron chi connectivity index (χ3n) is 7.81. The van der Waals surface area contributed by atoms with Crippen LogP contribution >= 0.6 is 11.3 Å². The van der Waals surface area contributed by atoms with Gasteiger partial charge in [0, 0.05) is 42.7 Å². The number of carbonyl (C=O) groups is 2. The van der Waals surface area contributed by atoms with E-state index >= 15 is 0 Å². The van der Waals surface area contributed by atoms with Gasteiger partial charge >= 0.3 is 0 Å². The summed E-state index contributed by atoms with van der Waals surface area (Å²) in [6.07, 6.45) is 0.888. The number of amides is 2. The highest BCUT2D eigenvalue weighted by atomic mass is 32.1. The van der Waals surface area contributed by atoms with Gasteiger partial charge in [-0.05, 0) is 71.2 Å². The van der Waals surface area contributed by atoms with E-state index in [0.29, 0.717) is 25.2 Å². The zero-order valence-corrected chi connectivity index (χ0v) is 23.4. The minimum atomic E-state index is -0.265. The molecule has 0 bridgehead atoms. The van der Waals surface area contributed by atoms with E-state index in [1.165, 1.54) is 22.1 Å². The Bertz CT molecular complexity index is 1310. The number of carbonyl (C=O) groups excluding carboxylic acids is 2. The number of piperazine rings is 1. The topological polar surface area (TPSA) is 43.9 Å². The average Bonchev–Trinajstić information content (AvgIpc) is 3.36. The second kappa shape index (κ2) is 10.6. The molecule has 0 N–H and O–H groups in total. The van der Waals surface area contributed by atoms with E-state index in [-0.39, 0.29) is 41.7 Å². The fourth-order valence-electron chi connectivity index (χ4n) is 5.64. The van der Waals surface area contributed by atoms with Gasteiger partial charge in [0.25, 0.3) is 5.91 Å². The molecule has 2 aliphatic heterocycles. The highest BCUT2D eigenvalue weighted by Gasteiger charge is 2.35. The maximum Gasteiger partial charge on any atom is 0.254 e. The van der Waals surface area contributed by atoms with Gasteiger partial charge in [0.05, 0.1) is 12.6 Å². The molecule has 0 spiro atoms. The van der Waals surface area contributed by atoms with Crippen LogP contribution in [0.15, 0.2) is 60.0 Å². The van der Waals surface area contributed by atoms with Gasteiger partial charge < -0.3 is 9.80 Å². The number of benzene rings is 2. The van der Waals surface area contributed by atoms with Gasteiger partial charge in [0.2, 0.25) is 5.91 Å². The summed E-state index contributed by atoms with van der Waals surface area (Å²) >= 11 is 1.73. The number of thiophene rings is 1. The zero-order valence-electron chi connectivity index (χ0n) is 22.6. The van der Waals surface area contributed by atoms with Crippen molar-refractivity contribution in [2.75, 3.05) is 32.7 Å². The van der Waals surface area contributed by atoms with Gasteiger partial charge in [0.15, 0.2) is 0 Å². The van der Waals surface area contributed by atoms with E-state index in [1.54, 1.807) is 23.5 Å². The molecule has 5 nitrogen and oxygen atoms in total. The monoisotopic (exact) mass is 533 g/mol. The van der Waals surface area contributed by atoms with Crippen molar-refractivity contribution in [3.05, 3.63) is 92.9 Å². The van der Waals surface area contributed by atoms with Crippen LogP contribution in [-0.2, 0) is 16.6 Å². The van der Waals surface area contributed by atoms with E-state index in [0.717, 1.165) is 18.5 Å². The molecule has 3 heterocycles. The number of nitrogens with zero attached hydrogens (tertiary/aromatic N) is 3. The van der Waals surface area contributed by atoms with Crippen LogP contribution in [0.1, 0.15) is 65.7 Å². The standard InChI is InChI=1S/C31H36FN3O2S/c1-21-19-33(15-16-35(21)30(37)22-8-10-24(11-9-22)31(2,3)4)28(36)20-34-14-12-27-26(13-17-38-27)29(34)23-6-5-7-25(32)18-23/h5-11,13,17-18,21,29H,12,14-16,19-20H2,1-4H3/t21-,29+/m0/s1. The van der Waals surface area contributed by atoms with Crippen molar-refractivity contribution in [3.8, 4) is 0 Å². The van der Waals surface area contributed by atoms with Crippen molar-refractivity contribution in [3.63, 3.8) is 0 Å². The fourth-order valence-corrected chi connectivity index (χ4v) is 6.55. The molecule has 1 saturated heterocycles. The van der Waals surface area contributed by atoms with Crippen LogP contribution in [0.4, 0.5) is 4.39 Å². The first-order valence-corrected chi connectivity index (χ1v) is 14.2. The average molecular weight is 534 g/mol. The molecular formula is C31H36FN3O2S. The minimum absolute atomic E-state index is 0.0113. The van der Waals surface area contributed by atoms with Crippen LogP contribution in [0, 0.1) is 5.82 Å². The van der Waals surface area contributed by atoms with E-state index in [2.05, 4.69) is 37.1 Å². The summed E-state index contributed by atoms with van der Waals surface area (Å²) in [5.41, 5.74) is 3.96. The maximum absolute atomic E-state index is 14.1. The van der Waals surface area contributed by atoms with Crippen LogP contribution in [0.3, 0.4) is 0 Å². The van der Waals surface area contributed by atoms with Crippen LogP contribution in [0.5, 0.6) is 0 Å². The van der Waals surface area contributed by atoms with Crippen molar-refractivity contribution in [2.24, 2.45) is 0 Å². The summed E-state index contributed by atoms with van der Waals surface area (Å²) in [6.45, 7) is 11.0. The number of hydrogen-bond donors (Lipinski definition) is 0. The third-order valence-corrected chi connectivity index (χ3v) is 8.80. The molecule has 1 aromatic heterocycles. The summed E-state index contributed by atoms with van der Waals surface area (Å²) in [5, 5.41) is 2.08. The maximum atomic E-state index is 14.1. The Morgan fingerprint density at radius 1 is 1.03 bits per heavy atom. The second-order valence-corrected chi connectivity index (χ2v) is 12.5. The van der Waals surface area contributed by atoms with Crippen molar-refractivity contribution in [1.29, 1.82) is 0 Å². The fraction of sp³-hybridized carbons (Fsp3) is 0.419. The summed E-state index contributed by atoms with van der Waals surface area (Å²) in [5.74, 6) is -0.199. The highest BCUT2D eigenvalue weighted by Crippen LogP contribution is 2.38. The first-order valence-electron chi connectivity index (χ1n) is 13.4. The molecule has 5 rings (SSSR count). The second-order valence-electron chi connectivity index (χ2n) is 11.5. The summed E-state index contributed by atoms with van der Waals surface area (Å²) in [6, 6.07) is 16.5. The molecule has 0 saturated carbocycles. The Morgan fingerprint density at radius 3 is 2.47 bits per heavy atom. The smallest absolute Gasteiger partial charge is 0.254 e. The van der Waals surface area contributed by atoms with Crippen molar-refractivity contribution in [2.45, 2.75) is 51.6 Å². The van der Waals surface area contributed by atoms with Gasteiger partial charge in [0.1, 0.15) is 5.82 Å². The van der Waals surface area contributed by atoms with Crippen LogP contribution < -0.4 is 0 Å². The van der Waals surface area contributed by atoms with Gasteiger partial charge in [-0.25, -0.2) is 4.39 Å². The van der Waals surface area contributed by atoms with E-state index in [1.807, 2.05) is 47.1 Å². The molecule has 0 aliphatic carbocycles. The van der Waals surface area contributed by atoms with E-state index in [4.69, 9.17) is 0 Å². The van der Waals surface area contributed by atoms with E-state index < -0.39 is 0 Å².